The molecule has 2 rings (SSSR count). The molecule has 0 radical (unpaired) electrons. The Morgan fingerprint density at radius 1 is 1.17 bits per heavy atom. The summed E-state index contributed by atoms with van der Waals surface area (Å²) in [6.45, 7) is 0. The maximum absolute atomic E-state index is 13.3. The van der Waals surface area contributed by atoms with E-state index in [1.807, 2.05) is 0 Å². The Labute approximate surface area is 114 Å². The van der Waals surface area contributed by atoms with Gasteiger partial charge in [-0.3, -0.25) is 0 Å². The zero-order valence-electron chi connectivity index (χ0n) is 8.56. The largest absolute Gasteiger partial charge is 0.375 e. The Bertz CT molecular complexity index is 682. The first-order valence-corrected chi connectivity index (χ1v) is 7.55. The molecule has 0 N–H and O–H groups in total. The molecule has 0 saturated carbocycles. The summed E-state index contributed by atoms with van der Waals surface area (Å²) in [6.07, 6.45) is 0. The van der Waals surface area contributed by atoms with E-state index in [4.69, 9.17) is 0 Å². The standard InChI is InChI=1S/C10H5BrF2O3S2/c11-9-3-4-10(17-9)18(14,15)16-8-2-1-6(12)5-7(8)13/h1-5H. The molecule has 0 unspecified atom stereocenters. The number of thiophene rings is 1. The average Bonchev–Trinajstić information content (AvgIpc) is 2.70. The molecular formula is C10H5BrF2O3S2. The van der Waals surface area contributed by atoms with E-state index in [1.165, 1.54) is 12.1 Å². The van der Waals surface area contributed by atoms with Crippen molar-refractivity contribution in [3.63, 3.8) is 0 Å². The van der Waals surface area contributed by atoms with Crippen LogP contribution in [-0.2, 0) is 10.1 Å². The van der Waals surface area contributed by atoms with Gasteiger partial charge in [0.1, 0.15) is 5.82 Å². The molecule has 1 aromatic carbocycles. The molecule has 1 heterocycles. The van der Waals surface area contributed by atoms with Crippen LogP contribution >= 0.6 is 27.3 Å². The van der Waals surface area contributed by atoms with Crippen molar-refractivity contribution in [2.24, 2.45) is 0 Å². The zero-order valence-corrected chi connectivity index (χ0v) is 11.8. The Morgan fingerprint density at radius 3 is 2.44 bits per heavy atom. The van der Waals surface area contributed by atoms with E-state index >= 15 is 0 Å². The Balaban J connectivity index is 2.33. The molecule has 0 atom stereocenters. The Morgan fingerprint density at radius 2 is 1.89 bits per heavy atom. The molecule has 0 bridgehead atoms. The molecule has 0 spiro atoms. The molecule has 1 aromatic heterocycles. The number of halogens is 3. The fourth-order valence-electron chi connectivity index (χ4n) is 1.13. The molecule has 3 nitrogen and oxygen atoms in total. The minimum atomic E-state index is -4.10. The number of rotatable bonds is 3. The monoisotopic (exact) mass is 354 g/mol. The number of benzene rings is 1. The summed E-state index contributed by atoms with van der Waals surface area (Å²) in [4.78, 5) is 0. The van der Waals surface area contributed by atoms with E-state index in [0.29, 0.717) is 9.85 Å². The lowest BCUT2D eigenvalue weighted by Gasteiger charge is -2.05. The van der Waals surface area contributed by atoms with Crippen molar-refractivity contribution < 1.29 is 21.4 Å². The first-order valence-electron chi connectivity index (χ1n) is 4.53. The predicted molar refractivity (Wildman–Crippen MR) is 66.2 cm³/mol. The van der Waals surface area contributed by atoms with Crippen LogP contribution in [0.1, 0.15) is 0 Å². The first-order chi connectivity index (χ1) is 8.38. The smallest absolute Gasteiger partial charge is 0.348 e. The van der Waals surface area contributed by atoms with Crippen LogP contribution in [0.5, 0.6) is 5.75 Å². The van der Waals surface area contributed by atoms with Crippen LogP contribution in [0.2, 0.25) is 0 Å². The van der Waals surface area contributed by atoms with Gasteiger partial charge in [-0.05, 0) is 40.2 Å². The summed E-state index contributed by atoms with van der Waals surface area (Å²) < 4.78 is 54.6. The molecule has 0 amide bonds. The SMILES string of the molecule is O=S(=O)(Oc1ccc(F)cc1F)c1ccc(Br)s1. The molecule has 0 aliphatic carbocycles. The highest BCUT2D eigenvalue weighted by molar-refractivity contribution is 9.11. The molecule has 0 fully saturated rings. The van der Waals surface area contributed by atoms with E-state index in [1.54, 1.807) is 0 Å². The highest BCUT2D eigenvalue weighted by atomic mass is 79.9. The van der Waals surface area contributed by atoms with Crippen molar-refractivity contribution in [2.75, 3.05) is 0 Å². The van der Waals surface area contributed by atoms with Gasteiger partial charge in [0.25, 0.3) is 0 Å². The molecule has 0 saturated heterocycles. The van der Waals surface area contributed by atoms with E-state index in [9.17, 15) is 17.2 Å². The van der Waals surface area contributed by atoms with Gasteiger partial charge in [-0.2, -0.15) is 8.42 Å². The maximum Gasteiger partial charge on any atom is 0.348 e. The van der Waals surface area contributed by atoms with Crippen molar-refractivity contribution >= 4 is 37.4 Å². The van der Waals surface area contributed by atoms with Crippen molar-refractivity contribution in [3.05, 3.63) is 45.8 Å². The highest BCUT2D eigenvalue weighted by Gasteiger charge is 2.21. The average molecular weight is 355 g/mol. The summed E-state index contributed by atoms with van der Waals surface area (Å²) in [5.41, 5.74) is 0. The van der Waals surface area contributed by atoms with Gasteiger partial charge in [0, 0.05) is 6.07 Å². The highest BCUT2D eigenvalue weighted by Crippen LogP contribution is 2.29. The van der Waals surface area contributed by atoms with Gasteiger partial charge in [-0.1, -0.05) is 0 Å². The van der Waals surface area contributed by atoms with Crippen molar-refractivity contribution in [1.82, 2.24) is 0 Å². The summed E-state index contributed by atoms with van der Waals surface area (Å²) in [7, 11) is -4.10. The van der Waals surface area contributed by atoms with Crippen LogP contribution in [0.25, 0.3) is 0 Å². The van der Waals surface area contributed by atoms with Gasteiger partial charge in [0.2, 0.25) is 0 Å². The van der Waals surface area contributed by atoms with Crippen molar-refractivity contribution in [2.45, 2.75) is 4.21 Å². The molecular weight excluding hydrogens is 350 g/mol. The lowest BCUT2D eigenvalue weighted by atomic mass is 10.3. The molecule has 8 heteroatoms. The molecule has 18 heavy (non-hydrogen) atoms. The van der Waals surface area contributed by atoms with E-state index in [-0.39, 0.29) is 4.21 Å². The Kier molecular flexibility index (Phi) is 3.69. The van der Waals surface area contributed by atoms with Gasteiger partial charge < -0.3 is 4.18 Å². The van der Waals surface area contributed by atoms with Gasteiger partial charge in [0.15, 0.2) is 15.8 Å². The maximum atomic E-state index is 13.3. The lowest BCUT2D eigenvalue weighted by Crippen LogP contribution is -2.09. The molecule has 0 aliphatic heterocycles. The third-order valence-electron chi connectivity index (χ3n) is 1.89. The third-order valence-corrected chi connectivity index (χ3v) is 5.20. The van der Waals surface area contributed by atoms with Crippen LogP contribution in [0.15, 0.2) is 38.3 Å². The number of hydrogen-bond acceptors (Lipinski definition) is 4. The molecule has 96 valence electrons. The van der Waals surface area contributed by atoms with Crippen LogP contribution in [-0.4, -0.2) is 8.42 Å². The van der Waals surface area contributed by atoms with Crippen LogP contribution in [0.3, 0.4) is 0 Å². The number of hydrogen-bond donors (Lipinski definition) is 0. The minimum absolute atomic E-state index is 0.0712. The molecule has 0 aliphatic rings. The van der Waals surface area contributed by atoms with E-state index in [0.717, 1.165) is 23.5 Å². The van der Waals surface area contributed by atoms with Gasteiger partial charge in [0.05, 0.1) is 3.79 Å². The fraction of sp³-hybridized carbons (Fsp3) is 0. The van der Waals surface area contributed by atoms with Crippen LogP contribution in [0.4, 0.5) is 8.78 Å². The Hall–Kier alpha value is -0.990. The second-order valence-corrected chi connectivity index (χ2v) is 7.41. The normalized spacial score (nSPS) is 11.5. The lowest BCUT2D eigenvalue weighted by molar-refractivity contribution is 0.459. The van der Waals surface area contributed by atoms with Gasteiger partial charge in [-0.15, -0.1) is 11.3 Å². The predicted octanol–water partition coefficient (Wildman–Crippen LogP) is 3.56. The summed E-state index contributed by atoms with van der Waals surface area (Å²) in [5.74, 6) is -2.42. The topological polar surface area (TPSA) is 43.4 Å². The molecule has 2 aromatic rings. The first kappa shape index (κ1) is 13.4. The van der Waals surface area contributed by atoms with Crippen molar-refractivity contribution in [1.29, 1.82) is 0 Å². The van der Waals surface area contributed by atoms with Gasteiger partial charge in [-0.25, -0.2) is 8.78 Å². The van der Waals surface area contributed by atoms with Crippen LogP contribution in [0, 0.1) is 11.6 Å². The van der Waals surface area contributed by atoms with E-state index < -0.39 is 27.5 Å². The third kappa shape index (κ3) is 2.88. The zero-order chi connectivity index (χ0) is 13.3. The van der Waals surface area contributed by atoms with Crippen molar-refractivity contribution in [3.8, 4) is 5.75 Å². The summed E-state index contributed by atoms with van der Waals surface area (Å²) >= 11 is 4.04. The minimum Gasteiger partial charge on any atom is -0.375 e. The quantitative estimate of drug-likeness (QED) is 0.791. The second-order valence-electron chi connectivity index (χ2n) is 3.17. The van der Waals surface area contributed by atoms with E-state index in [2.05, 4.69) is 20.1 Å². The summed E-state index contributed by atoms with van der Waals surface area (Å²) in [6, 6.07) is 5.24. The fourth-order valence-corrected chi connectivity index (χ4v) is 4.04. The van der Waals surface area contributed by atoms with Gasteiger partial charge >= 0.3 is 10.1 Å². The second kappa shape index (κ2) is 4.94. The van der Waals surface area contributed by atoms with Crippen LogP contribution < -0.4 is 4.18 Å². The summed E-state index contributed by atoms with van der Waals surface area (Å²) in [5, 5.41) is 0.